The summed E-state index contributed by atoms with van der Waals surface area (Å²) < 4.78 is 7.65. The van der Waals surface area contributed by atoms with E-state index in [0.29, 0.717) is 29.8 Å². The molecule has 1 heterocycles. The highest BCUT2D eigenvalue weighted by Gasteiger charge is 2.15. The van der Waals surface area contributed by atoms with Crippen molar-refractivity contribution in [2.24, 2.45) is 0 Å². The first-order valence-corrected chi connectivity index (χ1v) is 11.3. The van der Waals surface area contributed by atoms with Gasteiger partial charge in [-0.3, -0.25) is 14.9 Å². The molecule has 0 atom stereocenters. The molecule has 0 unspecified atom stereocenters. The van der Waals surface area contributed by atoms with Crippen LogP contribution in [0.3, 0.4) is 0 Å². The molecule has 0 aliphatic heterocycles. The smallest absolute Gasteiger partial charge is 0.271 e. The van der Waals surface area contributed by atoms with Crippen molar-refractivity contribution in [3.8, 4) is 17.1 Å². The fourth-order valence-electron chi connectivity index (χ4n) is 2.95. The van der Waals surface area contributed by atoms with Gasteiger partial charge < -0.3 is 14.6 Å². The first-order valence-electron chi connectivity index (χ1n) is 10.3. The summed E-state index contributed by atoms with van der Waals surface area (Å²) in [6, 6.07) is 13.6. The van der Waals surface area contributed by atoms with Crippen molar-refractivity contribution in [1.29, 1.82) is 0 Å². The molecule has 1 aromatic heterocycles. The lowest BCUT2D eigenvalue weighted by atomic mass is 10.2. The van der Waals surface area contributed by atoms with Crippen LogP contribution in [0.4, 0.5) is 11.4 Å². The lowest BCUT2D eigenvalue weighted by Gasteiger charge is -2.09. The molecule has 1 amide bonds. The number of nitro groups is 1. The Kier molecular flexibility index (Phi) is 8.20. The Hall–Kier alpha value is -3.40. The van der Waals surface area contributed by atoms with Gasteiger partial charge in [0.1, 0.15) is 5.75 Å². The maximum absolute atomic E-state index is 12.3. The van der Waals surface area contributed by atoms with E-state index in [1.54, 1.807) is 6.07 Å². The number of hydrogen-bond acceptors (Lipinski definition) is 7. The highest BCUT2D eigenvalue weighted by molar-refractivity contribution is 7.99. The predicted molar refractivity (Wildman–Crippen MR) is 124 cm³/mol. The molecule has 32 heavy (non-hydrogen) atoms. The molecule has 0 spiro atoms. The third kappa shape index (κ3) is 6.07. The van der Waals surface area contributed by atoms with Gasteiger partial charge in [-0.25, -0.2) is 0 Å². The number of nitro benzene ring substituents is 1. The number of unbranched alkanes of at least 4 members (excludes halogenated alkanes) is 1. The fourth-order valence-corrected chi connectivity index (χ4v) is 3.76. The predicted octanol–water partition coefficient (Wildman–Crippen LogP) is 4.78. The number of rotatable bonds is 11. The molecule has 3 rings (SSSR count). The van der Waals surface area contributed by atoms with Crippen molar-refractivity contribution in [3.05, 3.63) is 58.6 Å². The van der Waals surface area contributed by atoms with Gasteiger partial charge in [-0.15, -0.1) is 10.2 Å². The molecule has 0 fully saturated rings. The van der Waals surface area contributed by atoms with Gasteiger partial charge in [0.15, 0.2) is 11.0 Å². The molecule has 0 saturated carbocycles. The summed E-state index contributed by atoms with van der Waals surface area (Å²) in [6.07, 6.45) is 2.10. The number of amides is 1. The van der Waals surface area contributed by atoms with Crippen molar-refractivity contribution >= 4 is 29.0 Å². The first-order chi connectivity index (χ1) is 15.5. The van der Waals surface area contributed by atoms with Gasteiger partial charge in [0.05, 0.1) is 17.3 Å². The standard InChI is InChI=1S/C22H25N5O4S/c1-3-5-13-31-19-11-9-16(10-12-19)21-24-25-22(26(21)4-2)32-15-20(28)23-17-7-6-8-18(14-17)27(29)30/h6-12,14H,3-5,13,15H2,1-2H3,(H,23,28). The van der Waals surface area contributed by atoms with Gasteiger partial charge in [-0.1, -0.05) is 31.2 Å². The number of anilines is 1. The molecule has 10 heteroatoms. The first kappa shape index (κ1) is 23.3. The second kappa shape index (κ2) is 11.3. The van der Waals surface area contributed by atoms with Crippen molar-refractivity contribution < 1.29 is 14.5 Å². The molecule has 1 N–H and O–H groups in total. The summed E-state index contributed by atoms with van der Waals surface area (Å²) in [4.78, 5) is 22.7. The Balaban J connectivity index is 1.63. The maximum Gasteiger partial charge on any atom is 0.271 e. The topological polar surface area (TPSA) is 112 Å². The average Bonchev–Trinajstić information content (AvgIpc) is 3.21. The van der Waals surface area contributed by atoms with Crippen molar-refractivity contribution in [3.63, 3.8) is 0 Å². The number of hydrogen-bond donors (Lipinski definition) is 1. The Morgan fingerprint density at radius 3 is 2.66 bits per heavy atom. The minimum atomic E-state index is -0.500. The minimum Gasteiger partial charge on any atom is -0.494 e. The number of carbonyl (C=O) groups is 1. The third-order valence-corrected chi connectivity index (χ3v) is 5.55. The van der Waals surface area contributed by atoms with Crippen LogP contribution in [-0.2, 0) is 11.3 Å². The van der Waals surface area contributed by atoms with Crippen molar-refractivity contribution in [1.82, 2.24) is 14.8 Å². The molecular weight excluding hydrogens is 430 g/mol. The number of thioether (sulfide) groups is 1. The molecule has 2 aromatic carbocycles. The quantitative estimate of drug-likeness (QED) is 0.192. The highest BCUT2D eigenvalue weighted by Crippen LogP contribution is 2.26. The number of benzene rings is 2. The van der Waals surface area contributed by atoms with Crippen LogP contribution in [0.2, 0.25) is 0 Å². The van der Waals surface area contributed by atoms with Gasteiger partial charge in [0.25, 0.3) is 5.69 Å². The average molecular weight is 456 g/mol. The molecule has 0 aliphatic carbocycles. The van der Waals surface area contributed by atoms with E-state index < -0.39 is 4.92 Å². The number of aromatic nitrogens is 3. The van der Waals surface area contributed by atoms with E-state index in [4.69, 9.17) is 4.74 Å². The third-order valence-electron chi connectivity index (χ3n) is 4.59. The second-order valence-corrected chi connectivity index (χ2v) is 7.86. The van der Waals surface area contributed by atoms with E-state index in [1.807, 2.05) is 35.8 Å². The Labute approximate surface area is 190 Å². The van der Waals surface area contributed by atoms with Crippen LogP contribution in [0.1, 0.15) is 26.7 Å². The van der Waals surface area contributed by atoms with Gasteiger partial charge in [-0.05, 0) is 43.7 Å². The number of non-ortho nitro benzene ring substituents is 1. The van der Waals surface area contributed by atoms with E-state index in [0.717, 1.165) is 24.2 Å². The van der Waals surface area contributed by atoms with Crippen LogP contribution in [-0.4, -0.2) is 38.0 Å². The minimum absolute atomic E-state index is 0.0763. The van der Waals surface area contributed by atoms with E-state index >= 15 is 0 Å². The van der Waals surface area contributed by atoms with E-state index in [1.165, 1.54) is 30.0 Å². The maximum atomic E-state index is 12.3. The lowest BCUT2D eigenvalue weighted by molar-refractivity contribution is -0.384. The van der Waals surface area contributed by atoms with E-state index in [9.17, 15) is 14.9 Å². The molecule has 0 aliphatic rings. The van der Waals surface area contributed by atoms with Crippen LogP contribution in [0.15, 0.2) is 53.7 Å². The summed E-state index contributed by atoms with van der Waals surface area (Å²) in [7, 11) is 0. The molecule has 3 aromatic rings. The molecule has 0 saturated heterocycles. The summed E-state index contributed by atoms with van der Waals surface area (Å²) in [5, 5.41) is 22.7. The van der Waals surface area contributed by atoms with E-state index in [-0.39, 0.29) is 17.3 Å². The molecule has 168 valence electrons. The fraction of sp³-hybridized carbons (Fsp3) is 0.318. The molecule has 9 nitrogen and oxygen atoms in total. The van der Waals surface area contributed by atoms with Crippen molar-refractivity contribution in [2.45, 2.75) is 38.4 Å². The van der Waals surface area contributed by atoms with Crippen LogP contribution in [0, 0.1) is 10.1 Å². The number of ether oxygens (including phenoxy) is 1. The molecular formula is C22H25N5O4S. The Morgan fingerprint density at radius 1 is 1.19 bits per heavy atom. The van der Waals surface area contributed by atoms with Gasteiger partial charge in [0.2, 0.25) is 5.91 Å². The van der Waals surface area contributed by atoms with Crippen molar-refractivity contribution in [2.75, 3.05) is 17.7 Å². The Morgan fingerprint density at radius 2 is 1.97 bits per heavy atom. The molecule has 0 radical (unpaired) electrons. The summed E-state index contributed by atoms with van der Waals surface area (Å²) >= 11 is 1.26. The second-order valence-electron chi connectivity index (χ2n) is 6.92. The van der Waals surface area contributed by atoms with Gasteiger partial charge >= 0.3 is 0 Å². The normalized spacial score (nSPS) is 10.7. The zero-order valence-electron chi connectivity index (χ0n) is 18.0. The summed E-state index contributed by atoms with van der Waals surface area (Å²) in [5.74, 6) is 1.35. The highest BCUT2D eigenvalue weighted by atomic mass is 32.2. The van der Waals surface area contributed by atoms with Crippen LogP contribution >= 0.6 is 11.8 Å². The van der Waals surface area contributed by atoms with Crippen LogP contribution in [0.5, 0.6) is 5.75 Å². The monoisotopic (exact) mass is 455 g/mol. The zero-order chi connectivity index (χ0) is 22.9. The Bertz CT molecular complexity index is 1070. The van der Waals surface area contributed by atoms with Crippen LogP contribution in [0.25, 0.3) is 11.4 Å². The van der Waals surface area contributed by atoms with Gasteiger partial charge in [-0.2, -0.15) is 0 Å². The van der Waals surface area contributed by atoms with Crippen LogP contribution < -0.4 is 10.1 Å². The summed E-state index contributed by atoms with van der Waals surface area (Å²) in [5.41, 5.74) is 1.21. The SMILES string of the molecule is CCCCOc1ccc(-c2nnc(SCC(=O)Nc3cccc([N+](=O)[O-])c3)n2CC)cc1. The zero-order valence-corrected chi connectivity index (χ0v) is 18.8. The summed E-state index contributed by atoms with van der Waals surface area (Å²) in [6.45, 7) is 5.45. The lowest BCUT2D eigenvalue weighted by Crippen LogP contribution is -2.14. The van der Waals surface area contributed by atoms with E-state index in [2.05, 4.69) is 22.4 Å². The largest absolute Gasteiger partial charge is 0.494 e. The number of carbonyl (C=O) groups excluding carboxylic acids is 1. The van der Waals surface area contributed by atoms with Gasteiger partial charge in [0, 0.05) is 29.9 Å². The molecule has 0 bridgehead atoms. The number of nitrogens with one attached hydrogen (secondary N) is 1. The number of nitrogens with zero attached hydrogens (tertiary/aromatic N) is 4.